The molecule has 0 fully saturated rings. The topological polar surface area (TPSA) is 95.9 Å². The second-order valence-electron chi connectivity index (χ2n) is 11.5. The van der Waals surface area contributed by atoms with Crippen molar-refractivity contribution in [2.24, 2.45) is 0 Å². The minimum absolute atomic E-state index is 0.0116. The molecule has 40 heavy (non-hydrogen) atoms. The minimum Gasteiger partial charge on any atom is -0.506 e. The van der Waals surface area contributed by atoms with E-state index in [4.69, 9.17) is 9.84 Å². The number of ether oxygens (including phenoxy) is 1. The Bertz CT molecular complexity index is 1350. The molecule has 0 atom stereocenters. The predicted octanol–water partition coefficient (Wildman–Crippen LogP) is 7.69. The molecular weight excluding hydrogens is 522 g/mol. The molecular formula is C33H43NO5S. The molecule has 0 aromatic heterocycles. The fourth-order valence-electron chi connectivity index (χ4n) is 4.42. The van der Waals surface area contributed by atoms with Crippen molar-refractivity contribution >= 4 is 34.4 Å². The van der Waals surface area contributed by atoms with Crippen LogP contribution in [0.15, 0.2) is 53.4 Å². The van der Waals surface area contributed by atoms with Gasteiger partial charge in [-0.15, -0.1) is 11.8 Å². The Morgan fingerprint density at radius 2 is 1.62 bits per heavy atom. The van der Waals surface area contributed by atoms with Gasteiger partial charge in [-0.05, 0) is 53.2 Å². The molecule has 0 spiro atoms. The van der Waals surface area contributed by atoms with Crippen molar-refractivity contribution in [3.8, 4) is 11.5 Å². The lowest BCUT2D eigenvalue weighted by molar-refractivity contribution is -0.136. The number of carboxylic acid groups (broad SMARTS) is 1. The zero-order valence-corrected chi connectivity index (χ0v) is 25.4. The molecule has 3 aromatic rings. The summed E-state index contributed by atoms with van der Waals surface area (Å²) in [6.07, 6.45) is 2.65. The maximum absolute atomic E-state index is 13.0. The molecule has 0 aliphatic rings. The number of fused-ring (bicyclic) bond motifs is 1. The van der Waals surface area contributed by atoms with Crippen LogP contribution >= 0.6 is 11.8 Å². The van der Waals surface area contributed by atoms with Gasteiger partial charge < -0.3 is 20.3 Å². The number of rotatable bonds is 14. The highest BCUT2D eigenvalue weighted by molar-refractivity contribution is 7.99. The van der Waals surface area contributed by atoms with Crippen LogP contribution in [0.5, 0.6) is 11.5 Å². The summed E-state index contributed by atoms with van der Waals surface area (Å²) < 4.78 is 6.23. The zero-order valence-electron chi connectivity index (χ0n) is 24.6. The van der Waals surface area contributed by atoms with Gasteiger partial charge in [0.2, 0.25) is 0 Å². The summed E-state index contributed by atoms with van der Waals surface area (Å²) in [6.45, 7) is 14.2. The van der Waals surface area contributed by atoms with Gasteiger partial charge in [-0.25, -0.2) is 0 Å². The Balaban J connectivity index is 1.68. The van der Waals surface area contributed by atoms with E-state index in [2.05, 4.69) is 65.1 Å². The summed E-state index contributed by atoms with van der Waals surface area (Å²) in [4.78, 5) is 24.8. The van der Waals surface area contributed by atoms with Gasteiger partial charge in [0.15, 0.2) is 0 Å². The molecule has 7 heteroatoms. The number of thioether (sulfide) groups is 1. The highest BCUT2D eigenvalue weighted by Crippen LogP contribution is 2.39. The number of aliphatic carboxylic acids is 1. The summed E-state index contributed by atoms with van der Waals surface area (Å²) in [5, 5.41) is 24.1. The number of phenolic OH excluding ortho intramolecular Hbond substituents is 1. The van der Waals surface area contributed by atoms with Crippen LogP contribution in [-0.2, 0) is 15.6 Å². The smallest absolute Gasteiger partial charge is 0.304 e. The van der Waals surface area contributed by atoms with Crippen LogP contribution < -0.4 is 10.1 Å². The molecule has 0 saturated carbocycles. The number of aromatic hydroxyl groups is 1. The molecule has 0 aliphatic carbocycles. The van der Waals surface area contributed by atoms with Gasteiger partial charge in [-0.1, -0.05) is 77.9 Å². The Morgan fingerprint density at radius 1 is 0.950 bits per heavy atom. The Kier molecular flexibility index (Phi) is 10.5. The molecule has 0 saturated heterocycles. The summed E-state index contributed by atoms with van der Waals surface area (Å²) >= 11 is 1.36. The highest BCUT2D eigenvalue weighted by atomic mass is 32.2. The molecule has 6 nitrogen and oxygen atoms in total. The molecule has 1 amide bonds. The third kappa shape index (κ3) is 7.51. The number of hydrogen-bond acceptors (Lipinski definition) is 5. The zero-order chi connectivity index (χ0) is 29.5. The van der Waals surface area contributed by atoms with E-state index < -0.39 is 5.97 Å². The van der Waals surface area contributed by atoms with Gasteiger partial charge in [0, 0.05) is 28.1 Å². The second kappa shape index (κ2) is 13.4. The summed E-state index contributed by atoms with van der Waals surface area (Å²) in [6, 6.07) is 15.5. The van der Waals surface area contributed by atoms with Gasteiger partial charge in [-0.3, -0.25) is 9.59 Å². The number of carbonyl (C=O) groups is 2. The van der Waals surface area contributed by atoms with E-state index in [0.717, 1.165) is 28.9 Å². The quantitative estimate of drug-likeness (QED) is 0.137. The molecule has 0 bridgehead atoms. The number of phenols is 1. The predicted molar refractivity (Wildman–Crippen MR) is 164 cm³/mol. The lowest BCUT2D eigenvalue weighted by Crippen LogP contribution is -2.26. The Labute approximate surface area is 242 Å². The number of carbonyl (C=O) groups excluding carboxylic acids is 1. The lowest BCUT2D eigenvalue weighted by atomic mass is 9.76. The first-order chi connectivity index (χ1) is 18.9. The van der Waals surface area contributed by atoms with Crippen molar-refractivity contribution in [2.45, 2.75) is 83.0 Å². The number of nitrogens with one attached hydrogen (secondary N) is 1. The van der Waals surface area contributed by atoms with Crippen LogP contribution in [0.25, 0.3) is 10.8 Å². The molecule has 3 aromatic carbocycles. The van der Waals surface area contributed by atoms with Crippen molar-refractivity contribution in [3.05, 3.63) is 65.2 Å². The van der Waals surface area contributed by atoms with Gasteiger partial charge in [-0.2, -0.15) is 0 Å². The fraction of sp³-hybridized carbons (Fsp3) is 0.455. The Morgan fingerprint density at radius 3 is 2.27 bits per heavy atom. The lowest BCUT2D eigenvalue weighted by Gasteiger charge is -2.30. The third-order valence-corrected chi connectivity index (χ3v) is 8.98. The number of benzene rings is 3. The van der Waals surface area contributed by atoms with Crippen LogP contribution in [0.3, 0.4) is 0 Å². The van der Waals surface area contributed by atoms with Crippen LogP contribution in [0, 0.1) is 0 Å². The summed E-state index contributed by atoms with van der Waals surface area (Å²) in [5.74, 6) is -0.0716. The van der Waals surface area contributed by atoms with Crippen molar-refractivity contribution < 1.29 is 24.5 Å². The monoisotopic (exact) mass is 565 g/mol. The maximum atomic E-state index is 13.0. The largest absolute Gasteiger partial charge is 0.506 e. The molecule has 0 heterocycles. The van der Waals surface area contributed by atoms with Crippen LogP contribution in [0.2, 0.25) is 0 Å². The number of hydrogen-bond donors (Lipinski definition) is 3. The van der Waals surface area contributed by atoms with Crippen LogP contribution in [-0.4, -0.2) is 41.0 Å². The second-order valence-corrected chi connectivity index (χ2v) is 12.6. The van der Waals surface area contributed by atoms with Gasteiger partial charge in [0.25, 0.3) is 5.91 Å². The molecule has 0 aliphatic heterocycles. The van der Waals surface area contributed by atoms with Crippen molar-refractivity contribution in [1.29, 1.82) is 0 Å². The Hall–Kier alpha value is -3.19. The van der Waals surface area contributed by atoms with Gasteiger partial charge in [0.1, 0.15) is 11.5 Å². The summed E-state index contributed by atoms with van der Waals surface area (Å²) in [5.41, 5.74) is 2.74. The maximum Gasteiger partial charge on any atom is 0.304 e. The SMILES string of the molecule is CCC(C)(C)c1ccc(OCCCNC(=O)c2cc(SCCC(=O)O)c3ccccc3c2O)c(C(C)(C)CC)c1. The first-order valence-corrected chi connectivity index (χ1v) is 15.0. The number of carboxylic acids is 1. The van der Waals surface area contributed by atoms with E-state index in [9.17, 15) is 14.7 Å². The van der Waals surface area contributed by atoms with E-state index >= 15 is 0 Å². The van der Waals surface area contributed by atoms with Crippen molar-refractivity contribution in [3.63, 3.8) is 0 Å². The molecule has 0 radical (unpaired) electrons. The first-order valence-electron chi connectivity index (χ1n) is 14.1. The van der Waals surface area contributed by atoms with E-state index in [1.165, 1.54) is 22.9 Å². The van der Waals surface area contributed by atoms with Crippen molar-refractivity contribution in [2.75, 3.05) is 18.9 Å². The van der Waals surface area contributed by atoms with Crippen LogP contribution in [0.1, 0.15) is 88.7 Å². The minimum atomic E-state index is -0.873. The van der Waals surface area contributed by atoms with Gasteiger partial charge >= 0.3 is 5.97 Å². The van der Waals surface area contributed by atoms with E-state index in [0.29, 0.717) is 30.7 Å². The fourth-order valence-corrected chi connectivity index (χ4v) is 5.45. The van der Waals surface area contributed by atoms with Gasteiger partial charge in [0.05, 0.1) is 18.6 Å². The molecule has 0 unspecified atom stereocenters. The molecule has 3 N–H and O–H groups in total. The highest BCUT2D eigenvalue weighted by Gasteiger charge is 2.26. The van der Waals surface area contributed by atoms with E-state index in [1.807, 2.05) is 12.1 Å². The molecule has 3 rings (SSSR count). The van der Waals surface area contributed by atoms with E-state index in [1.54, 1.807) is 18.2 Å². The number of amides is 1. The van der Waals surface area contributed by atoms with Crippen LogP contribution in [0.4, 0.5) is 0 Å². The average molecular weight is 566 g/mol. The standard InChI is InChI=1S/C33H43NO5S/c1-7-32(3,4)22-14-15-27(26(20-22)33(5,6)8-2)39-18-11-17-34-31(38)25-21-28(40-19-16-29(35)36)23-12-9-10-13-24(23)30(25)37/h9-10,12-15,20-21,37H,7-8,11,16-19H2,1-6H3,(H,34,38)(H,35,36). The van der Waals surface area contributed by atoms with Crippen molar-refractivity contribution in [1.82, 2.24) is 5.32 Å². The third-order valence-electron chi connectivity index (χ3n) is 7.92. The first kappa shape index (κ1) is 31.3. The molecule has 216 valence electrons. The normalized spacial score (nSPS) is 11.9. The summed E-state index contributed by atoms with van der Waals surface area (Å²) in [7, 11) is 0. The average Bonchev–Trinajstić information content (AvgIpc) is 2.93. The van der Waals surface area contributed by atoms with E-state index in [-0.39, 0.29) is 34.5 Å².